The number of rotatable bonds is 3. The third kappa shape index (κ3) is 1.85. The molecule has 1 saturated carbocycles. The molecule has 0 spiro atoms. The van der Waals surface area contributed by atoms with Gasteiger partial charge in [-0.05, 0) is 25.7 Å². The van der Waals surface area contributed by atoms with E-state index in [1.165, 1.54) is 24.7 Å². The van der Waals surface area contributed by atoms with E-state index >= 15 is 0 Å². The highest BCUT2D eigenvalue weighted by Gasteiger charge is 2.23. The Bertz CT molecular complexity index is 549. The number of hydrogen-bond acceptors (Lipinski definition) is 3. The molecule has 0 bridgehead atoms. The first kappa shape index (κ1) is 10.9. The number of hydrogen-bond donors (Lipinski definition) is 0. The molecule has 0 amide bonds. The van der Waals surface area contributed by atoms with Crippen LogP contribution in [0.1, 0.15) is 30.1 Å². The summed E-state index contributed by atoms with van der Waals surface area (Å²) in [6.07, 6.45) is 3.63. The maximum absolute atomic E-state index is 11.7. The molecular formula is C11H14N2O3. The molecule has 86 valence electrons. The predicted octanol–water partition coefficient (Wildman–Crippen LogP) is 0.160. The highest BCUT2D eigenvalue weighted by molar-refractivity contribution is 5.93. The van der Waals surface area contributed by atoms with Crippen molar-refractivity contribution >= 4 is 5.78 Å². The standard InChI is InChI=1S/C11H14N2O3/c1-7(14)9-6-13(5-8-3-4-8)11(16)12(2)10(9)15/h6,8H,3-5H2,1-2H3. The number of carbonyl (C=O) groups excluding carboxylic acids is 1. The van der Waals surface area contributed by atoms with Gasteiger partial charge in [0.05, 0.1) is 5.56 Å². The van der Waals surface area contributed by atoms with Crippen molar-refractivity contribution < 1.29 is 4.79 Å². The molecule has 0 radical (unpaired) electrons. The summed E-state index contributed by atoms with van der Waals surface area (Å²) in [5.74, 6) is 0.222. The smallest absolute Gasteiger partial charge is 0.299 e. The summed E-state index contributed by atoms with van der Waals surface area (Å²) < 4.78 is 2.47. The molecule has 0 unspecified atom stereocenters. The summed E-state index contributed by atoms with van der Waals surface area (Å²) in [5.41, 5.74) is -0.769. The van der Waals surface area contributed by atoms with E-state index in [0.717, 1.165) is 17.4 Å². The van der Waals surface area contributed by atoms with Crippen LogP contribution in [0.25, 0.3) is 0 Å². The maximum atomic E-state index is 11.7. The van der Waals surface area contributed by atoms with Gasteiger partial charge >= 0.3 is 5.69 Å². The summed E-state index contributed by atoms with van der Waals surface area (Å²) in [4.78, 5) is 34.6. The minimum Gasteiger partial charge on any atom is -0.299 e. The first-order valence-corrected chi connectivity index (χ1v) is 5.32. The maximum Gasteiger partial charge on any atom is 0.330 e. The van der Waals surface area contributed by atoms with Crippen LogP contribution in [0.4, 0.5) is 0 Å². The van der Waals surface area contributed by atoms with Crippen molar-refractivity contribution in [2.75, 3.05) is 0 Å². The van der Waals surface area contributed by atoms with Crippen LogP contribution in [0.15, 0.2) is 15.8 Å². The van der Waals surface area contributed by atoms with Crippen molar-refractivity contribution in [3.8, 4) is 0 Å². The molecule has 1 heterocycles. The molecule has 1 aromatic rings. The number of ketones is 1. The largest absolute Gasteiger partial charge is 0.330 e. The molecule has 1 aromatic heterocycles. The van der Waals surface area contributed by atoms with E-state index in [-0.39, 0.29) is 17.0 Å². The normalized spacial score (nSPS) is 15.1. The molecule has 5 nitrogen and oxygen atoms in total. The van der Waals surface area contributed by atoms with Crippen molar-refractivity contribution in [2.45, 2.75) is 26.3 Å². The van der Waals surface area contributed by atoms with Crippen LogP contribution in [0.3, 0.4) is 0 Å². The Labute approximate surface area is 92.3 Å². The third-order valence-electron chi connectivity index (χ3n) is 2.88. The Morgan fingerprint density at radius 1 is 1.44 bits per heavy atom. The Morgan fingerprint density at radius 2 is 2.06 bits per heavy atom. The van der Waals surface area contributed by atoms with Crippen molar-refractivity contribution in [3.63, 3.8) is 0 Å². The summed E-state index contributed by atoms with van der Waals surface area (Å²) in [7, 11) is 1.40. The summed E-state index contributed by atoms with van der Waals surface area (Å²) >= 11 is 0. The molecule has 1 fully saturated rings. The Kier molecular flexibility index (Phi) is 2.53. The average molecular weight is 222 g/mol. The first-order valence-electron chi connectivity index (χ1n) is 5.32. The van der Waals surface area contributed by atoms with Gasteiger partial charge in [0.1, 0.15) is 0 Å². The zero-order chi connectivity index (χ0) is 11.9. The molecule has 2 rings (SSSR count). The molecule has 1 aliphatic rings. The van der Waals surface area contributed by atoms with Gasteiger partial charge in [0.2, 0.25) is 0 Å². The fraction of sp³-hybridized carbons (Fsp3) is 0.545. The number of nitrogens with zero attached hydrogens (tertiary/aromatic N) is 2. The van der Waals surface area contributed by atoms with Crippen molar-refractivity contribution in [1.82, 2.24) is 9.13 Å². The number of Topliss-reactive ketones (excluding diaryl/α,β-unsaturated/α-hetero) is 1. The van der Waals surface area contributed by atoms with E-state index in [1.807, 2.05) is 0 Å². The second-order valence-corrected chi connectivity index (χ2v) is 4.34. The van der Waals surface area contributed by atoms with Gasteiger partial charge in [-0.3, -0.25) is 18.7 Å². The van der Waals surface area contributed by atoms with E-state index in [4.69, 9.17) is 0 Å². The number of carbonyl (C=O) groups is 1. The van der Waals surface area contributed by atoms with E-state index in [1.54, 1.807) is 0 Å². The summed E-state index contributed by atoms with van der Waals surface area (Å²) in [5, 5.41) is 0. The molecule has 0 saturated heterocycles. The highest BCUT2D eigenvalue weighted by Crippen LogP contribution is 2.29. The zero-order valence-corrected chi connectivity index (χ0v) is 9.40. The van der Waals surface area contributed by atoms with Gasteiger partial charge in [-0.15, -0.1) is 0 Å². The van der Waals surface area contributed by atoms with Crippen LogP contribution in [0.2, 0.25) is 0 Å². The van der Waals surface area contributed by atoms with Gasteiger partial charge in [0.15, 0.2) is 5.78 Å². The van der Waals surface area contributed by atoms with Gasteiger partial charge in [-0.1, -0.05) is 0 Å². The van der Waals surface area contributed by atoms with Gasteiger partial charge < -0.3 is 0 Å². The van der Waals surface area contributed by atoms with E-state index in [2.05, 4.69) is 0 Å². The zero-order valence-electron chi connectivity index (χ0n) is 9.40. The Balaban J connectivity index is 2.56. The lowest BCUT2D eigenvalue weighted by molar-refractivity contribution is 0.101. The predicted molar refractivity (Wildman–Crippen MR) is 58.7 cm³/mol. The minimum atomic E-state index is -0.510. The third-order valence-corrected chi connectivity index (χ3v) is 2.88. The molecular weight excluding hydrogens is 208 g/mol. The van der Waals surface area contributed by atoms with E-state index < -0.39 is 5.56 Å². The van der Waals surface area contributed by atoms with Gasteiger partial charge in [-0.25, -0.2) is 4.79 Å². The first-order chi connectivity index (χ1) is 7.50. The van der Waals surface area contributed by atoms with Gasteiger partial charge in [0, 0.05) is 19.8 Å². The number of aromatic nitrogens is 2. The van der Waals surface area contributed by atoms with Crippen molar-refractivity contribution in [1.29, 1.82) is 0 Å². The fourth-order valence-corrected chi connectivity index (χ4v) is 1.68. The van der Waals surface area contributed by atoms with Crippen molar-refractivity contribution in [3.05, 3.63) is 32.6 Å². The molecule has 0 atom stereocenters. The minimum absolute atomic E-state index is 0.0859. The Hall–Kier alpha value is -1.65. The lowest BCUT2D eigenvalue weighted by Crippen LogP contribution is -2.40. The summed E-state index contributed by atoms with van der Waals surface area (Å²) in [6.45, 7) is 1.94. The topological polar surface area (TPSA) is 61.1 Å². The SMILES string of the molecule is CC(=O)c1cn(CC2CC2)c(=O)n(C)c1=O. The molecule has 0 aliphatic heterocycles. The molecule has 0 aromatic carbocycles. The molecule has 0 N–H and O–H groups in total. The van der Waals surface area contributed by atoms with Crippen LogP contribution in [0, 0.1) is 5.92 Å². The monoisotopic (exact) mass is 222 g/mol. The second kappa shape index (κ2) is 3.73. The van der Waals surface area contributed by atoms with E-state index in [0.29, 0.717) is 12.5 Å². The quantitative estimate of drug-likeness (QED) is 0.684. The Morgan fingerprint density at radius 3 is 2.56 bits per heavy atom. The van der Waals surface area contributed by atoms with Crippen molar-refractivity contribution in [2.24, 2.45) is 13.0 Å². The van der Waals surface area contributed by atoms with Gasteiger partial charge in [0.25, 0.3) is 5.56 Å². The van der Waals surface area contributed by atoms with Crippen LogP contribution in [0.5, 0.6) is 0 Å². The van der Waals surface area contributed by atoms with E-state index in [9.17, 15) is 14.4 Å². The van der Waals surface area contributed by atoms with Crippen LogP contribution < -0.4 is 11.2 Å². The van der Waals surface area contributed by atoms with Crippen LogP contribution in [-0.2, 0) is 13.6 Å². The van der Waals surface area contributed by atoms with Gasteiger partial charge in [-0.2, -0.15) is 0 Å². The lowest BCUT2D eigenvalue weighted by Gasteiger charge is -2.08. The van der Waals surface area contributed by atoms with Crippen LogP contribution >= 0.6 is 0 Å². The summed E-state index contributed by atoms with van der Waals surface area (Å²) in [6, 6.07) is 0. The second-order valence-electron chi connectivity index (χ2n) is 4.34. The molecule has 1 aliphatic carbocycles. The molecule has 16 heavy (non-hydrogen) atoms. The van der Waals surface area contributed by atoms with Crippen LogP contribution in [-0.4, -0.2) is 14.9 Å². The fourth-order valence-electron chi connectivity index (χ4n) is 1.68. The highest BCUT2D eigenvalue weighted by atomic mass is 16.2. The molecule has 5 heteroatoms. The average Bonchev–Trinajstić information content (AvgIpc) is 3.02. The lowest BCUT2D eigenvalue weighted by atomic mass is 10.2.